The molecule has 0 aromatic carbocycles. The molecule has 0 aromatic rings. The number of esters is 1. The SMILES string of the molecule is C=COC(=O)CCCCC=CCC. The zero-order valence-electron chi connectivity index (χ0n) is 8.29. The second kappa shape index (κ2) is 9.04. The molecule has 0 heterocycles. The average molecular weight is 182 g/mol. The topological polar surface area (TPSA) is 26.3 Å². The second-order valence-corrected chi connectivity index (χ2v) is 2.78. The van der Waals surface area contributed by atoms with Gasteiger partial charge in [-0.3, -0.25) is 4.79 Å². The van der Waals surface area contributed by atoms with E-state index in [2.05, 4.69) is 30.4 Å². The quantitative estimate of drug-likeness (QED) is 0.261. The van der Waals surface area contributed by atoms with Crippen LogP contribution in [0.1, 0.15) is 39.0 Å². The number of unbranched alkanes of at least 4 members (excludes halogenated alkanes) is 2. The predicted molar refractivity (Wildman–Crippen MR) is 54.2 cm³/mol. The summed E-state index contributed by atoms with van der Waals surface area (Å²) < 4.78 is 4.58. The van der Waals surface area contributed by atoms with E-state index in [4.69, 9.17) is 0 Å². The molecule has 0 spiro atoms. The van der Waals surface area contributed by atoms with Crippen molar-refractivity contribution in [1.82, 2.24) is 0 Å². The Balaban J connectivity index is 3.20. The highest BCUT2D eigenvalue weighted by Crippen LogP contribution is 2.02. The molecule has 0 saturated heterocycles. The smallest absolute Gasteiger partial charge is 0.310 e. The molecule has 0 aliphatic carbocycles. The molecule has 0 N–H and O–H groups in total. The average Bonchev–Trinajstić information content (AvgIpc) is 2.11. The van der Waals surface area contributed by atoms with E-state index in [1.165, 1.54) is 6.26 Å². The first-order valence-electron chi connectivity index (χ1n) is 4.76. The van der Waals surface area contributed by atoms with Gasteiger partial charge in [-0.05, 0) is 25.7 Å². The van der Waals surface area contributed by atoms with E-state index in [0.29, 0.717) is 6.42 Å². The third-order valence-corrected chi connectivity index (χ3v) is 1.62. The van der Waals surface area contributed by atoms with Gasteiger partial charge in [0.1, 0.15) is 0 Å². The zero-order chi connectivity index (χ0) is 9.94. The summed E-state index contributed by atoms with van der Waals surface area (Å²) in [6, 6.07) is 0. The largest absolute Gasteiger partial charge is 0.435 e. The molecule has 0 saturated carbocycles. The van der Waals surface area contributed by atoms with Crippen LogP contribution >= 0.6 is 0 Å². The Morgan fingerprint density at radius 3 is 2.77 bits per heavy atom. The minimum atomic E-state index is -0.186. The van der Waals surface area contributed by atoms with Crippen molar-refractivity contribution >= 4 is 5.97 Å². The van der Waals surface area contributed by atoms with Crippen LogP contribution in [0.25, 0.3) is 0 Å². The van der Waals surface area contributed by atoms with Gasteiger partial charge in [0, 0.05) is 6.42 Å². The van der Waals surface area contributed by atoms with Gasteiger partial charge < -0.3 is 4.74 Å². The van der Waals surface area contributed by atoms with Crippen LogP contribution in [0.2, 0.25) is 0 Å². The number of ether oxygens (including phenoxy) is 1. The fourth-order valence-electron chi connectivity index (χ4n) is 0.968. The van der Waals surface area contributed by atoms with Crippen molar-refractivity contribution in [2.45, 2.75) is 39.0 Å². The fraction of sp³-hybridized carbons (Fsp3) is 0.545. The highest BCUT2D eigenvalue weighted by Gasteiger charge is 1.98. The molecule has 2 nitrogen and oxygen atoms in total. The summed E-state index contributed by atoms with van der Waals surface area (Å²) in [6.45, 7) is 5.42. The van der Waals surface area contributed by atoms with E-state index >= 15 is 0 Å². The van der Waals surface area contributed by atoms with Crippen LogP contribution in [-0.4, -0.2) is 5.97 Å². The molecule has 0 rings (SSSR count). The lowest BCUT2D eigenvalue weighted by Gasteiger charge is -1.97. The minimum Gasteiger partial charge on any atom is -0.435 e. The lowest BCUT2D eigenvalue weighted by atomic mass is 10.2. The number of carbonyl (C=O) groups excluding carboxylic acids is 1. The van der Waals surface area contributed by atoms with Crippen molar-refractivity contribution in [2.24, 2.45) is 0 Å². The van der Waals surface area contributed by atoms with E-state index in [-0.39, 0.29) is 5.97 Å². The Morgan fingerprint density at radius 1 is 1.38 bits per heavy atom. The standard InChI is InChI=1S/C11H18O2/c1-3-5-6-7-8-9-10-11(12)13-4-2/h4-6H,2-3,7-10H2,1H3. The molecule has 0 bridgehead atoms. The van der Waals surface area contributed by atoms with Gasteiger partial charge in [0.15, 0.2) is 0 Å². The van der Waals surface area contributed by atoms with Crippen molar-refractivity contribution < 1.29 is 9.53 Å². The van der Waals surface area contributed by atoms with Gasteiger partial charge in [0.05, 0.1) is 6.26 Å². The van der Waals surface area contributed by atoms with Crippen LogP contribution in [0.4, 0.5) is 0 Å². The molecule has 0 aromatic heterocycles. The molecule has 13 heavy (non-hydrogen) atoms. The van der Waals surface area contributed by atoms with Gasteiger partial charge in [-0.2, -0.15) is 0 Å². The fourth-order valence-corrected chi connectivity index (χ4v) is 0.968. The third-order valence-electron chi connectivity index (χ3n) is 1.62. The van der Waals surface area contributed by atoms with E-state index in [1.54, 1.807) is 0 Å². The maximum absolute atomic E-state index is 10.8. The lowest BCUT2D eigenvalue weighted by molar-refractivity contribution is -0.138. The van der Waals surface area contributed by atoms with E-state index in [0.717, 1.165) is 25.7 Å². The Morgan fingerprint density at radius 2 is 2.15 bits per heavy atom. The lowest BCUT2D eigenvalue weighted by Crippen LogP contribution is -1.98. The molecule has 74 valence electrons. The number of hydrogen-bond donors (Lipinski definition) is 0. The summed E-state index contributed by atoms with van der Waals surface area (Å²) in [5.41, 5.74) is 0. The Bertz CT molecular complexity index is 171. The number of hydrogen-bond acceptors (Lipinski definition) is 2. The summed E-state index contributed by atoms with van der Waals surface area (Å²) >= 11 is 0. The van der Waals surface area contributed by atoms with Crippen LogP contribution < -0.4 is 0 Å². The predicted octanol–water partition coefficient (Wildman–Crippen LogP) is 3.20. The molecule has 2 heteroatoms. The first kappa shape index (κ1) is 11.9. The van der Waals surface area contributed by atoms with Crippen molar-refractivity contribution in [3.63, 3.8) is 0 Å². The Hall–Kier alpha value is -1.05. The summed E-state index contributed by atoms with van der Waals surface area (Å²) in [4.78, 5) is 10.8. The molecule has 0 aliphatic heterocycles. The summed E-state index contributed by atoms with van der Waals surface area (Å²) in [6.07, 6.45) is 10.0. The Kier molecular flexibility index (Phi) is 8.31. The minimum absolute atomic E-state index is 0.186. The van der Waals surface area contributed by atoms with Crippen molar-refractivity contribution in [2.75, 3.05) is 0 Å². The first-order valence-corrected chi connectivity index (χ1v) is 4.76. The second-order valence-electron chi connectivity index (χ2n) is 2.78. The molecule has 0 atom stereocenters. The molecule has 0 aliphatic rings. The van der Waals surface area contributed by atoms with Crippen LogP contribution in [0.5, 0.6) is 0 Å². The normalized spacial score (nSPS) is 10.2. The van der Waals surface area contributed by atoms with Gasteiger partial charge in [0.25, 0.3) is 0 Å². The maximum atomic E-state index is 10.8. The molecular weight excluding hydrogens is 164 g/mol. The van der Waals surface area contributed by atoms with Gasteiger partial charge in [-0.1, -0.05) is 25.7 Å². The molecule has 0 unspecified atom stereocenters. The number of rotatable bonds is 7. The summed E-state index contributed by atoms with van der Waals surface area (Å²) in [5, 5.41) is 0. The Labute approximate surface area is 80.3 Å². The van der Waals surface area contributed by atoms with E-state index < -0.39 is 0 Å². The molecule has 0 fully saturated rings. The van der Waals surface area contributed by atoms with E-state index in [1.807, 2.05) is 0 Å². The van der Waals surface area contributed by atoms with Crippen LogP contribution in [0.3, 0.4) is 0 Å². The first-order chi connectivity index (χ1) is 6.31. The van der Waals surface area contributed by atoms with Crippen LogP contribution in [0, 0.1) is 0 Å². The van der Waals surface area contributed by atoms with Gasteiger partial charge in [-0.15, -0.1) is 0 Å². The molecule has 0 radical (unpaired) electrons. The molecule has 0 amide bonds. The number of carbonyl (C=O) groups is 1. The monoisotopic (exact) mass is 182 g/mol. The highest BCUT2D eigenvalue weighted by atomic mass is 16.5. The zero-order valence-corrected chi connectivity index (χ0v) is 8.29. The number of allylic oxidation sites excluding steroid dienone is 2. The van der Waals surface area contributed by atoms with Crippen LogP contribution in [-0.2, 0) is 9.53 Å². The van der Waals surface area contributed by atoms with Crippen molar-refractivity contribution in [3.8, 4) is 0 Å². The summed E-state index contributed by atoms with van der Waals surface area (Å²) in [7, 11) is 0. The summed E-state index contributed by atoms with van der Waals surface area (Å²) in [5.74, 6) is -0.186. The maximum Gasteiger partial charge on any atom is 0.310 e. The van der Waals surface area contributed by atoms with E-state index in [9.17, 15) is 4.79 Å². The van der Waals surface area contributed by atoms with Crippen molar-refractivity contribution in [1.29, 1.82) is 0 Å². The van der Waals surface area contributed by atoms with Crippen LogP contribution in [0.15, 0.2) is 25.0 Å². The van der Waals surface area contributed by atoms with Crippen molar-refractivity contribution in [3.05, 3.63) is 25.0 Å². The van der Waals surface area contributed by atoms with Gasteiger partial charge in [-0.25, -0.2) is 0 Å². The van der Waals surface area contributed by atoms with Gasteiger partial charge >= 0.3 is 5.97 Å². The molecular formula is C11H18O2. The highest BCUT2D eigenvalue weighted by molar-refractivity contribution is 5.69. The van der Waals surface area contributed by atoms with Gasteiger partial charge in [0.2, 0.25) is 0 Å². The third kappa shape index (κ3) is 8.86.